The van der Waals surface area contributed by atoms with Crippen LogP contribution in [0.3, 0.4) is 0 Å². The number of anilines is 1. The third-order valence-electron chi connectivity index (χ3n) is 7.20. The highest BCUT2D eigenvalue weighted by Crippen LogP contribution is 2.47. The van der Waals surface area contributed by atoms with Crippen LogP contribution in [0.1, 0.15) is 42.7 Å². The van der Waals surface area contributed by atoms with E-state index in [-0.39, 0.29) is 24.2 Å². The minimum absolute atomic E-state index is 0.0195. The van der Waals surface area contributed by atoms with Crippen LogP contribution in [0.5, 0.6) is 11.5 Å². The molecule has 0 fully saturated rings. The van der Waals surface area contributed by atoms with E-state index in [1.165, 1.54) is 12.1 Å². The van der Waals surface area contributed by atoms with Crippen LogP contribution < -0.4 is 20.1 Å². The first-order valence-corrected chi connectivity index (χ1v) is 12.2. The number of para-hydroxylation sites is 1. The molecule has 0 saturated heterocycles. The zero-order valence-electron chi connectivity index (χ0n) is 20.2. The number of hydrogen-bond acceptors (Lipinski definition) is 5. The Labute approximate surface area is 213 Å². The summed E-state index contributed by atoms with van der Waals surface area (Å²) in [5, 5.41) is 6.07. The molecule has 0 unspecified atom stereocenters. The number of allylic oxidation sites excluding steroid dienone is 3. The van der Waals surface area contributed by atoms with E-state index in [0.717, 1.165) is 16.8 Å². The number of carbonyl (C=O) groups excluding carboxylic acids is 2. The SMILES string of the molecule is CC1=C(C(=O)Nc2ccccc2F)[C@@H](c2ccc3c(c2)OCO3)C2=C(C[C@H](c3ccccc3)CC2=O)N1. The average Bonchev–Trinajstić information content (AvgIpc) is 3.37. The molecular formula is C30H25FN2O4. The van der Waals surface area contributed by atoms with Crippen molar-refractivity contribution in [1.82, 2.24) is 5.32 Å². The molecule has 2 aliphatic heterocycles. The third kappa shape index (κ3) is 4.16. The summed E-state index contributed by atoms with van der Waals surface area (Å²) >= 11 is 0. The van der Waals surface area contributed by atoms with Gasteiger partial charge in [-0.25, -0.2) is 4.39 Å². The monoisotopic (exact) mass is 496 g/mol. The van der Waals surface area contributed by atoms with Gasteiger partial charge in [0.25, 0.3) is 5.91 Å². The number of ether oxygens (including phenoxy) is 2. The van der Waals surface area contributed by atoms with Crippen molar-refractivity contribution < 1.29 is 23.5 Å². The van der Waals surface area contributed by atoms with Crippen LogP contribution in [0.4, 0.5) is 10.1 Å². The summed E-state index contributed by atoms with van der Waals surface area (Å²) in [5.74, 6) is -0.437. The van der Waals surface area contributed by atoms with Crippen molar-refractivity contribution in [3.63, 3.8) is 0 Å². The number of fused-ring (bicyclic) bond motifs is 1. The van der Waals surface area contributed by atoms with Crippen LogP contribution in [0.25, 0.3) is 0 Å². The summed E-state index contributed by atoms with van der Waals surface area (Å²) in [5.41, 5.74) is 4.29. The number of halogens is 1. The van der Waals surface area contributed by atoms with Gasteiger partial charge in [0.15, 0.2) is 17.3 Å². The fourth-order valence-electron chi connectivity index (χ4n) is 5.48. The van der Waals surface area contributed by atoms with E-state index >= 15 is 0 Å². The van der Waals surface area contributed by atoms with E-state index in [2.05, 4.69) is 10.6 Å². The van der Waals surface area contributed by atoms with Gasteiger partial charge >= 0.3 is 0 Å². The number of rotatable bonds is 4. The molecule has 3 aromatic carbocycles. The van der Waals surface area contributed by atoms with Gasteiger partial charge < -0.3 is 20.1 Å². The summed E-state index contributed by atoms with van der Waals surface area (Å²) in [6.07, 6.45) is 0.985. The van der Waals surface area contributed by atoms with Crippen LogP contribution in [-0.4, -0.2) is 18.5 Å². The maximum absolute atomic E-state index is 14.4. The lowest BCUT2D eigenvalue weighted by Gasteiger charge is -2.37. The number of hydrogen-bond donors (Lipinski definition) is 2. The zero-order chi connectivity index (χ0) is 25.5. The molecule has 0 aromatic heterocycles. The minimum atomic E-state index is -0.637. The fourth-order valence-corrected chi connectivity index (χ4v) is 5.48. The van der Waals surface area contributed by atoms with E-state index in [9.17, 15) is 14.0 Å². The summed E-state index contributed by atoms with van der Waals surface area (Å²) in [4.78, 5) is 27.4. The van der Waals surface area contributed by atoms with Gasteiger partial charge in [0.05, 0.1) is 5.69 Å². The molecule has 2 heterocycles. The van der Waals surface area contributed by atoms with Crippen molar-refractivity contribution in [2.75, 3.05) is 12.1 Å². The van der Waals surface area contributed by atoms with E-state index in [1.807, 2.05) is 49.4 Å². The lowest BCUT2D eigenvalue weighted by molar-refractivity contribution is -0.116. The van der Waals surface area contributed by atoms with Crippen LogP contribution in [0, 0.1) is 5.82 Å². The zero-order valence-corrected chi connectivity index (χ0v) is 20.2. The number of Topliss-reactive ketones (excluding diaryl/α,β-unsaturated/α-hetero) is 1. The molecule has 0 bridgehead atoms. The minimum Gasteiger partial charge on any atom is -0.454 e. The number of ketones is 1. The maximum Gasteiger partial charge on any atom is 0.254 e. The first-order valence-electron chi connectivity index (χ1n) is 12.2. The molecule has 0 radical (unpaired) electrons. The van der Waals surface area contributed by atoms with E-state index < -0.39 is 17.6 Å². The second-order valence-corrected chi connectivity index (χ2v) is 9.47. The highest BCUT2D eigenvalue weighted by atomic mass is 19.1. The molecule has 1 aliphatic carbocycles. The number of benzene rings is 3. The van der Waals surface area contributed by atoms with Gasteiger partial charge in [0, 0.05) is 34.9 Å². The van der Waals surface area contributed by atoms with E-state index in [1.54, 1.807) is 18.2 Å². The maximum atomic E-state index is 14.4. The molecule has 0 spiro atoms. The summed E-state index contributed by atoms with van der Waals surface area (Å²) in [6.45, 7) is 1.93. The Kier molecular flexibility index (Phi) is 5.75. The molecule has 186 valence electrons. The van der Waals surface area contributed by atoms with Crippen molar-refractivity contribution in [3.8, 4) is 11.5 Å². The molecule has 6 nitrogen and oxygen atoms in total. The van der Waals surface area contributed by atoms with Crippen LogP contribution in [0.15, 0.2) is 95.3 Å². The molecule has 37 heavy (non-hydrogen) atoms. The fraction of sp³-hybridized carbons (Fsp3) is 0.200. The van der Waals surface area contributed by atoms with Crippen molar-refractivity contribution in [2.45, 2.75) is 31.6 Å². The molecule has 7 heteroatoms. The highest BCUT2D eigenvalue weighted by molar-refractivity contribution is 6.10. The second kappa shape index (κ2) is 9.24. The largest absolute Gasteiger partial charge is 0.454 e. The molecule has 1 amide bonds. The molecule has 0 saturated carbocycles. The van der Waals surface area contributed by atoms with Crippen LogP contribution in [-0.2, 0) is 9.59 Å². The van der Waals surface area contributed by atoms with Crippen molar-refractivity contribution in [1.29, 1.82) is 0 Å². The van der Waals surface area contributed by atoms with E-state index in [0.29, 0.717) is 41.2 Å². The Hall–Kier alpha value is -4.39. The Balaban J connectivity index is 1.43. The quantitative estimate of drug-likeness (QED) is 0.495. The highest BCUT2D eigenvalue weighted by Gasteiger charge is 2.41. The van der Waals surface area contributed by atoms with E-state index in [4.69, 9.17) is 9.47 Å². The number of nitrogens with one attached hydrogen (secondary N) is 2. The summed E-state index contributed by atoms with van der Waals surface area (Å²) in [6, 6.07) is 21.5. The normalized spacial score (nSPS) is 20.4. The standard InChI is InChI=1S/C30H25FN2O4/c1-17-27(30(35)33-22-10-6-5-9-21(22)31)28(19-11-12-25-26(15-19)37-16-36-25)29-23(32-17)13-20(14-24(29)34)18-7-3-2-4-8-18/h2-12,15,20,28,32H,13-14,16H2,1H3,(H,33,35)/t20-,28+/m0/s1. The number of amides is 1. The molecule has 2 atom stereocenters. The Bertz CT molecular complexity index is 1480. The third-order valence-corrected chi connectivity index (χ3v) is 7.20. The molecule has 6 rings (SSSR count). The first kappa shape index (κ1) is 23.0. The van der Waals surface area contributed by atoms with Crippen molar-refractivity contribution >= 4 is 17.4 Å². The van der Waals surface area contributed by atoms with Gasteiger partial charge in [-0.3, -0.25) is 9.59 Å². The van der Waals surface area contributed by atoms with Gasteiger partial charge in [0.2, 0.25) is 6.79 Å². The smallest absolute Gasteiger partial charge is 0.254 e. The topological polar surface area (TPSA) is 76.7 Å². The Morgan fingerprint density at radius 1 is 0.946 bits per heavy atom. The van der Waals surface area contributed by atoms with Crippen molar-refractivity contribution in [3.05, 3.63) is 112 Å². The van der Waals surface area contributed by atoms with Gasteiger partial charge in [-0.2, -0.15) is 0 Å². The lowest BCUT2D eigenvalue weighted by atomic mass is 9.71. The Morgan fingerprint density at radius 2 is 1.70 bits per heavy atom. The van der Waals surface area contributed by atoms with Crippen LogP contribution >= 0.6 is 0 Å². The summed E-state index contributed by atoms with van der Waals surface area (Å²) < 4.78 is 25.4. The lowest BCUT2D eigenvalue weighted by Crippen LogP contribution is -2.37. The molecular weight excluding hydrogens is 471 g/mol. The first-order chi connectivity index (χ1) is 18.0. The van der Waals surface area contributed by atoms with Gasteiger partial charge in [0.1, 0.15) is 5.82 Å². The predicted molar refractivity (Wildman–Crippen MR) is 137 cm³/mol. The molecule has 3 aromatic rings. The van der Waals surface area contributed by atoms with Gasteiger partial charge in [-0.05, 0) is 54.7 Å². The molecule has 2 N–H and O–H groups in total. The number of carbonyl (C=O) groups is 2. The number of dihydropyridines is 1. The van der Waals surface area contributed by atoms with Gasteiger partial charge in [-0.15, -0.1) is 0 Å². The summed E-state index contributed by atoms with van der Waals surface area (Å²) in [7, 11) is 0. The second-order valence-electron chi connectivity index (χ2n) is 9.47. The van der Waals surface area contributed by atoms with Gasteiger partial charge in [-0.1, -0.05) is 48.5 Å². The predicted octanol–water partition coefficient (Wildman–Crippen LogP) is 5.55. The Morgan fingerprint density at radius 3 is 2.51 bits per heavy atom. The molecule has 3 aliphatic rings. The van der Waals surface area contributed by atoms with Crippen molar-refractivity contribution in [2.24, 2.45) is 0 Å². The van der Waals surface area contributed by atoms with Crippen LogP contribution in [0.2, 0.25) is 0 Å². The average molecular weight is 497 g/mol.